The molecule has 5 nitrogen and oxygen atoms in total. The standard InChI is InChI=1S/C9H5N3O2S/c10-5-15-9-4-11-8-2-1-6(12(13)14)3-7(8)9/h1-4,11H. The number of fused-ring (bicyclic) bond motifs is 1. The van der Waals surface area contributed by atoms with Crippen LogP contribution in [0, 0.1) is 20.8 Å². The van der Waals surface area contributed by atoms with Crippen molar-refractivity contribution in [2.75, 3.05) is 0 Å². The summed E-state index contributed by atoms with van der Waals surface area (Å²) < 4.78 is 0. The molecule has 74 valence electrons. The van der Waals surface area contributed by atoms with E-state index in [2.05, 4.69) is 4.98 Å². The average Bonchev–Trinajstić information content (AvgIpc) is 2.61. The molecule has 1 heterocycles. The number of hydrogen-bond donors (Lipinski definition) is 1. The van der Waals surface area contributed by atoms with Crippen LogP contribution in [0.3, 0.4) is 0 Å². The summed E-state index contributed by atoms with van der Waals surface area (Å²) in [6.07, 6.45) is 1.67. The zero-order valence-corrected chi connectivity index (χ0v) is 8.25. The molecule has 0 saturated heterocycles. The number of rotatable bonds is 2. The predicted octanol–water partition coefficient (Wildman–Crippen LogP) is 2.65. The first-order valence-corrected chi connectivity index (χ1v) is 4.85. The van der Waals surface area contributed by atoms with Gasteiger partial charge in [-0.25, -0.2) is 0 Å². The minimum Gasteiger partial charge on any atom is -0.360 e. The molecule has 0 fully saturated rings. The normalized spacial score (nSPS) is 10.1. The molecule has 1 aromatic heterocycles. The Kier molecular flexibility index (Phi) is 2.31. The fraction of sp³-hybridized carbons (Fsp3) is 0. The molecule has 0 unspecified atom stereocenters. The summed E-state index contributed by atoms with van der Waals surface area (Å²) in [5.41, 5.74) is 0.820. The number of nitrogens with zero attached hydrogens (tertiary/aromatic N) is 2. The van der Waals surface area contributed by atoms with Crippen LogP contribution in [-0.2, 0) is 0 Å². The van der Waals surface area contributed by atoms with Crippen LogP contribution in [-0.4, -0.2) is 9.91 Å². The van der Waals surface area contributed by atoms with E-state index in [9.17, 15) is 10.1 Å². The van der Waals surface area contributed by atoms with Crippen molar-refractivity contribution in [2.45, 2.75) is 4.90 Å². The summed E-state index contributed by atoms with van der Waals surface area (Å²) in [6.45, 7) is 0. The Bertz CT molecular complexity index is 570. The van der Waals surface area contributed by atoms with Gasteiger partial charge in [0.05, 0.1) is 4.92 Å². The molecule has 0 radical (unpaired) electrons. The third kappa shape index (κ3) is 1.65. The molecule has 2 aromatic rings. The van der Waals surface area contributed by atoms with Crippen LogP contribution in [0.1, 0.15) is 0 Å². The largest absolute Gasteiger partial charge is 0.360 e. The van der Waals surface area contributed by atoms with Crippen LogP contribution in [0.15, 0.2) is 29.3 Å². The van der Waals surface area contributed by atoms with Crippen LogP contribution in [0.5, 0.6) is 0 Å². The maximum atomic E-state index is 10.6. The molecule has 0 aliphatic heterocycles. The molecule has 1 N–H and O–H groups in total. The number of nitro groups is 1. The molecular weight excluding hydrogens is 214 g/mol. The van der Waals surface area contributed by atoms with Crippen LogP contribution in [0.2, 0.25) is 0 Å². The molecule has 1 aromatic carbocycles. The molecule has 2 rings (SSSR count). The highest BCUT2D eigenvalue weighted by molar-refractivity contribution is 8.04. The van der Waals surface area contributed by atoms with Gasteiger partial charge in [-0.1, -0.05) is 0 Å². The Morgan fingerprint density at radius 3 is 3.00 bits per heavy atom. The maximum absolute atomic E-state index is 10.6. The predicted molar refractivity (Wildman–Crippen MR) is 56.4 cm³/mol. The van der Waals surface area contributed by atoms with Crippen molar-refractivity contribution in [3.63, 3.8) is 0 Å². The van der Waals surface area contributed by atoms with Gasteiger partial charge in [-0.15, -0.1) is 0 Å². The highest BCUT2D eigenvalue weighted by Crippen LogP contribution is 2.29. The first-order chi connectivity index (χ1) is 7.22. The number of nitriles is 1. The number of benzene rings is 1. The summed E-state index contributed by atoms with van der Waals surface area (Å²) in [4.78, 5) is 13.8. The monoisotopic (exact) mass is 219 g/mol. The Balaban J connectivity index is 2.62. The lowest BCUT2D eigenvalue weighted by Gasteiger charge is -1.93. The van der Waals surface area contributed by atoms with E-state index >= 15 is 0 Å². The second-order valence-corrected chi connectivity index (χ2v) is 3.66. The van der Waals surface area contributed by atoms with Gasteiger partial charge in [0.1, 0.15) is 5.40 Å². The van der Waals surface area contributed by atoms with Crippen molar-refractivity contribution >= 4 is 28.4 Å². The van der Waals surface area contributed by atoms with Gasteiger partial charge in [-0.3, -0.25) is 10.1 Å². The van der Waals surface area contributed by atoms with E-state index in [-0.39, 0.29) is 5.69 Å². The van der Waals surface area contributed by atoms with Crippen LogP contribution in [0.25, 0.3) is 10.9 Å². The Labute approximate surface area is 88.9 Å². The van der Waals surface area contributed by atoms with Crippen molar-refractivity contribution in [3.05, 3.63) is 34.5 Å². The van der Waals surface area contributed by atoms with Gasteiger partial charge in [0.2, 0.25) is 0 Å². The first kappa shape index (κ1) is 9.55. The number of thiocyanates is 1. The number of thioether (sulfide) groups is 1. The zero-order chi connectivity index (χ0) is 10.8. The third-order valence-corrected chi connectivity index (χ3v) is 2.64. The zero-order valence-electron chi connectivity index (χ0n) is 7.43. The second-order valence-electron chi connectivity index (χ2n) is 2.83. The van der Waals surface area contributed by atoms with Gasteiger partial charge >= 0.3 is 0 Å². The topological polar surface area (TPSA) is 82.7 Å². The fourth-order valence-corrected chi connectivity index (χ4v) is 1.83. The van der Waals surface area contributed by atoms with Gasteiger partial charge in [0.25, 0.3) is 5.69 Å². The molecule has 0 atom stereocenters. The number of aromatic nitrogens is 1. The van der Waals surface area contributed by atoms with Gasteiger partial charge in [0.15, 0.2) is 0 Å². The summed E-state index contributed by atoms with van der Waals surface area (Å²) in [7, 11) is 0. The van der Waals surface area contributed by atoms with Crippen LogP contribution < -0.4 is 0 Å². The Morgan fingerprint density at radius 1 is 1.53 bits per heavy atom. The van der Waals surface area contributed by atoms with Gasteiger partial charge in [0, 0.05) is 34.1 Å². The minimum atomic E-state index is -0.451. The lowest BCUT2D eigenvalue weighted by Crippen LogP contribution is -1.86. The molecule has 0 aliphatic carbocycles. The van der Waals surface area contributed by atoms with E-state index in [1.165, 1.54) is 12.1 Å². The molecule has 0 spiro atoms. The van der Waals surface area contributed by atoms with Gasteiger partial charge in [-0.2, -0.15) is 5.26 Å². The van der Waals surface area contributed by atoms with Gasteiger partial charge < -0.3 is 4.98 Å². The molecule has 0 saturated carbocycles. The molecular formula is C9H5N3O2S. The Morgan fingerprint density at radius 2 is 2.33 bits per heavy atom. The fourth-order valence-electron chi connectivity index (χ4n) is 1.33. The van der Waals surface area contributed by atoms with Gasteiger partial charge in [-0.05, 0) is 17.8 Å². The number of nitrogens with one attached hydrogen (secondary N) is 1. The van der Waals surface area contributed by atoms with Crippen molar-refractivity contribution in [3.8, 4) is 5.40 Å². The Hall–Kier alpha value is -2.00. The molecule has 0 amide bonds. The lowest BCUT2D eigenvalue weighted by atomic mass is 10.2. The van der Waals surface area contributed by atoms with E-state index in [1.807, 2.05) is 5.40 Å². The molecule has 0 aliphatic rings. The van der Waals surface area contributed by atoms with Crippen molar-refractivity contribution in [1.29, 1.82) is 5.26 Å². The summed E-state index contributed by atoms with van der Waals surface area (Å²) in [5, 5.41) is 21.7. The van der Waals surface area contributed by atoms with Crippen molar-refractivity contribution < 1.29 is 4.92 Å². The van der Waals surface area contributed by atoms with Crippen molar-refractivity contribution in [2.24, 2.45) is 0 Å². The van der Waals surface area contributed by atoms with E-state index < -0.39 is 4.92 Å². The second kappa shape index (κ2) is 3.63. The summed E-state index contributed by atoms with van der Waals surface area (Å²) in [5.74, 6) is 0. The van der Waals surface area contributed by atoms with E-state index in [1.54, 1.807) is 12.3 Å². The number of aromatic amines is 1. The van der Waals surface area contributed by atoms with E-state index in [0.29, 0.717) is 10.3 Å². The van der Waals surface area contributed by atoms with Crippen LogP contribution >= 0.6 is 11.8 Å². The summed E-state index contributed by atoms with van der Waals surface area (Å²) >= 11 is 0.984. The molecule has 0 bridgehead atoms. The van der Waals surface area contributed by atoms with Crippen LogP contribution in [0.4, 0.5) is 5.69 Å². The number of nitro benzene ring substituents is 1. The first-order valence-electron chi connectivity index (χ1n) is 4.04. The summed E-state index contributed by atoms with van der Waals surface area (Å²) in [6, 6.07) is 4.53. The lowest BCUT2D eigenvalue weighted by molar-refractivity contribution is -0.384. The molecule has 15 heavy (non-hydrogen) atoms. The average molecular weight is 219 g/mol. The number of H-pyrrole nitrogens is 1. The van der Waals surface area contributed by atoms with E-state index in [4.69, 9.17) is 5.26 Å². The van der Waals surface area contributed by atoms with E-state index in [0.717, 1.165) is 17.3 Å². The quantitative estimate of drug-likeness (QED) is 0.364. The maximum Gasteiger partial charge on any atom is 0.270 e. The SMILES string of the molecule is N#CSc1c[nH]c2ccc([N+](=O)[O-])cc12. The smallest absolute Gasteiger partial charge is 0.270 e. The minimum absolute atomic E-state index is 0.0295. The molecule has 6 heteroatoms. The highest BCUT2D eigenvalue weighted by atomic mass is 32.2. The third-order valence-electron chi connectivity index (χ3n) is 1.99. The van der Waals surface area contributed by atoms with Crippen molar-refractivity contribution in [1.82, 2.24) is 4.98 Å². The number of non-ortho nitro benzene ring substituents is 1. The highest BCUT2D eigenvalue weighted by Gasteiger charge is 2.10. The number of hydrogen-bond acceptors (Lipinski definition) is 4.